The number of para-hydroxylation sites is 1. The Morgan fingerprint density at radius 1 is 0.943 bits per heavy atom. The van der Waals surface area contributed by atoms with Crippen LogP contribution < -0.4 is 10.0 Å². The second-order valence-electron chi connectivity index (χ2n) is 8.01. The molecule has 0 spiro atoms. The molecule has 0 aliphatic rings. The highest BCUT2D eigenvalue weighted by molar-refractivity contribution is 7.92. The molecule has 0 aliphatic carbocycles. The van der Waals surface area contributed by atoms with Crippen LogP contribution in [0.3, 0.4) is 0 Å². The maximum Gasteiger partial charge on any atom is 0.235 e. The Balaban J connectivity index is 1.41. The summed E-state index contributed by atoms with van der Waals surface area (Å²) in [4.78, 5) is 12.4. The van der Waals surface area contributed by atoms with Crippen LogP contribution in [-0.4, -0.2) is 30.7 Å². The topological polar surface area (TPSA) is 93.1 Å². The number of benzene rings is 3. The quantitative estimate of drug-likeness (QED) is 0.373. The lowest BCUT2D eigenvalue weighted by atomic mass is 10.1. The molecule has 35 heavy (non-hydrogen) atoms. The number of carbonyl (C=O) groups excluding carboxylic acids is 1. The van der Waals surface area contributed by atoms with Crippen LogP contribution in [0, 0.1) is 6.92 Å². The zero-order valence-corrected chi connectivity index (χ0v) is 20.1. The molecule has 0 saturated heterocycles. The number of nitrogens with one attached hydrogen (secondary N) is 2. The zero-order valence-electron chi connectivity index (χ0n) is 19.3. The third kappa shape index (κ3) is 6.75. The van der Waals surface area contributed by atoms with E-state index in [9.17, 15) is 13.2 Å². The van der Waals surface area contributed by atoms with Gasteiger partial charge in [-0.3, -0.25) is 4.79 Å². The van der Waals surface area contributed by atoms with Gasteiger partial charge in [-0.25, -0.2) is 17.8 Å². The van der Waals surface area contributed by atoms with Gasteiger partial charge < -0.3 is 5.32 Å². The highest BCUT2D eigenvalue weighted by Gasteiger charge is 2.14. The lowest BCUT2D eigenvalue weighted by Gasteiger charge is -2.06. The van der Waals surface area contributed by atoms with Gasteiger partial charge in [-0.2, -0.15) is 5.10 Å². The van der Waals surface area contributed by atoms with Crippen LogP contribution in [0.4, 0.5) is 0 Å². The summed E-state index contributed by atoms with van der Waals surface area (Å²) in [6, 6.07) is 26.8. The summed E-state index contributed by atoms with van der Waals surface area (Å²) in [5.74, 6) is -0.441. The highest BCUT2D eigenvalue weighted by atomic mass is 32.2. The second-order valence-corrected chi connectivity index (χ2v) is 9.66. The summed E-state index contributed by atoms with van der Waals surface area (Å²) in [7, 11) is -3.76. The largest absolute Gasteiger partial charge is 0.351 e. The molecule has 0 saturated carbocycles. The average molecular weight is 487 g/mol. The summed E-state index contributed by atoms with van der Waals surface area (Å²) in [6.07, 6.45) is 3.36. The van der Waals surface area contributed by atoms with Gasteiger partial charge in [0.1, 0.15) is 0 Å². The minimum absolute atomic E-state index is 0.205. The van der Waals surface area contributed by atoms with Gasteiger partial charge in [0, 0.05) is 29.3 Å². The van der Waals surface area contributed by atoms with Crippen LogP contribution in [-0.2, 0) is 21.4 Å². The smallest absolute Gasteiger partial charge is 0.235 e. The van der Waals surface area contributed by atoms with Gasteiger partial charge in [0.2, 0.25) is 15.9 Å². The maximum absolute atomic E-state index is 12.4. The van der Waals surface area contributed by atoms with Crippen molar-refractivity contribution in [2.24, 2.45) is 0 Å². The molecule has 4 aromatic rings. The Morgan fingerprint density at radius 3 is 2.29 bits per heavy atom. The van der Waals surface area contributed by atoms with E-state index >= 15 is 0 Å². The number of rotatable bonds is 9. The van der Waals surface area contributed by atoms with Crippen molar-refractivity contribution in [3.8, 4) is 16.9 Å². The van der Waals surface area contributed by atoms with Crippen molar-refractivity contribution in [3.63, 3.8) is 0 Å². The number of hydrogen-bond donors (Lipinski definition) is 2. The number of aromatic nitrogens is 2. The Labute approximate surface area is 205 Å². The van der Waals surface area contributed by atoms with Gasteiger partial charge in [-0.15, -0.1) is 0 Å². The van der Waals surface area contributed by atoms with E-state index in [1.807, 2.05) is 98.0 Å². The molecule has 0 radical (unpaired) electrons. The molecule has 1 amide bonds. The van der Waals surface area contributed by atoms with Crippen molar-refractivity contribution < 1.29 is 13.2 Å². The molecule has 0 bridgehead atoms. The number of sulfonamides is 1. The summed E-state index contributed by atoms with van der Waals surface area (Å²) in [6.45, 7) is 1.80. The predicted molar refractivity (Wildman–Crippen MR) is 138 cm³/mol. The normalized spacial score (nSPS) is 11.6. The van der Waals surface area contributed by atoms with Gasteiger partial charge >= 0.3 is 0 Å². The van der Waals surface area contributed by atoms with Crippen LogP contribution in [0.1, 0.15) is 16.7 Å². The SMILES string of the molecule is Cc1ccc(C=CS(=O)(=O)NCC(=O)NCc2cn(-c3ccccc3)nc2-c2ccccc2)cc1. The first-order chi connectivity index (χ1) is 16.9. The lowest BCUT2D eigenvalue weighted by molar-refractivity contribution is -0.120. The highest BCUT2D eigenvalue weighted by Crippen LogP contribution is 2.23. The van der Waals surface area contributed by atoms with Crippen LogP contribution in [0.25, 0.3) is 23.0 Å². The third-order valence-electron chi connectivity index (χ3n) is 5.28. The van der Waals surface area contributed by atoms with E-state index in [4.69, 9.17) is 5.10 Å². The van der Waals surface area contributed by atoms with Gasteiger partial charge in [-0.05, 0) is 30.7 Å². The first-order valence-corrected chi connectivity index (χ1v) is 12.6. The Hall–Kier alpha value is -4.01. The van der Waals surface area contributed by atoms with Crippen molar-refractivity contribution in [3.05, 3.63) is 113 Å². The molecule has 1 heterocycles. The van der Waals surface area contributed by atoms with E-state index in [0.717, 1.165) is 39.0 Å². The molecule has 0 aliphatic heterocycles. The fraction of sp³-hybridized carbons (Fsp3) is 0.111. The van der Waals surface area contributed by atoms with Gasteiger partial charge in [0.05, 0.1) is 17.9 Å². The Morgan fingerprint density at radius 2 is 1.60 bits per heavy atom. The standard InChI is InChI=1S/C27H26N4O3S/c1-21-12-14-22(15-13-21)16-17-35(33,34)29-19-26(32)28-18-24-20-31(25-10-6-3-7-11-25)30-27(24)23-8-4-2-5-9-23/h2-17,20,29H,18-19H2,1H3,(H,28,32). The molecule has 8 heteroatoms. The second kappa shape index (κ2) is 10.9. The van der Waals surface area contributed by atoms with Crippen LogP contribution in [0.15, 0.2) is 96.5 Å². The van der Waals surface area contributed by atoms with Crippen molar-refractivity contribution in [1.29, 1.82) is 0 Å². The molecule has 7 nitrogen and oxygen atoms in total. The van der Waals surface area contributed by atoms with E-state index in [1.54, 1.807) is 4.68 Å². The first kappa shape index (κ1) is 24.1. The van der Waals surface area contributed by atoms with Crippen molar-refractivity contribution in [2.75, 3.05) is 6.54 Å². The van der Waals surface area contributed by atoms with E-state index in [-0.39, 0.29) is 13.1 Å². The Bertz CT molecular complexity index is 1410. The molecular formula is C27H26N4O3S. The molecule has 0 atom stereocenters. The number of aryl methyl sites for hydroxylation is 1. The molecule has 4 rings (SSSR count). The number of nitrogens with zero attached hydrogens (tertiary/aromatic N) is 2. The summed E-state index contributed by atoms with van der Waals surface area (Å²) < 4.78 is 28.6. The summed E-state index contributed by atoms with van der Waals surface area (Å²) in [5.41, 5.74) is 5.23. The predicted octanol–water partition coefficient (Wildman–Crippen LogP) is 4.05. The minimum atomic E-state index is -3.76. The first-order valence-electron chi connectivity index (χ1n) is 11.1. The van der Waals surface area contributed by atoms with E-state index in [1.165, 1.54) is 6.08 Å². The Kier molecular flexibility index (Phi) is 7.54. The maximum atomic E-state index is 12.4. The van der Waals surface area contributed by atoms with Crippen LogP contribution in [0.2, 0.25) is 0 Å². The summed E-state index contributed by atoms with van der Waals surface area (Å²) >= 11 is 0. The fourth-order valence-electron chi connectivity index (χ4n) is 3.41. The fourth-order valence-corrected chi connectivity index (χ4v) is 4.17. The monoisotopic (exact) mass is 486 g/mol. The number of amides is 1. The third-order valence-corrected chi connectivity index (χ3v) is 6.33. The molecular weight excluding hydrogens is 460 g/mol. The molecule has 3 aromatic carbocycles. The minimum Gasteiger partial charge on any atom is -0.351 e. The van der Waals surface area contributed by atoms with E-state index < -0.39 is 15.9 Å². The van der Waals surface area contributed by atoms with Gasteiger partial charge in [0.15, 0.2) is 0 Å². The van der Waals surface area contributed by atoms with Crippen molar-refractivity contribution in [1.82, 2.24) is 19.8 Å². The zero-order chi connectivity index (χ0) is 24.7. The van der Waals surface area contributed by atoms with E-state index in [0.29, 0.717) is 0 Å². The number of carbonyl (C=O) groups is 1. The lowest BCUT2D eigenvalue weighted by Crippen LogP contribution is -2.35. The van der Waals surface area contributed by atoms with E-state index in [2.05, 4.69) is 10.0 Å². The molecule has 1 aromatic heterocycles. The van der Waals surface area contributed by atoms with Crippen molar-refractivity contribution >= 4 is 22.0 Å². The molecule has 178 valence electrons. The average Bonchev–Trinajstić information content (AvgIpc) is 3.31. The van der Waals surface area contributed by atoms with Crippen molar-refractivity contribution in [2.45, 2.75) is 13.5 Å². The number of hydrogen-bond acceptors (Lipinski definition) is 4. The van der Waals surface area contributed by atoms with Gasteiger partial charge in [0.25, 0.3) is 0 Å². The van der Waals surface area contributed by atoms with Gasteiger partial charge in [-0.1, -0.05) is 78.4 Å². The molecule has 2 N–H and O–H groups in total. The summed E-state index contributed by atoms with van der Waals surface area (Å²) in [5, 5.41) is 8.56. The molecule has 0 unspecified atom stereocenters. The van der Waals surface area contributed by atoms with Crippen LogP contribution >= 0.6 is 0 Å². The van der Waals surface area contributed by atoms with Crippen LogP contribution in [0.5, 0.6) is 0 Å². The molecule has 0 fully saturated rings.